The van der Waals surface area contributed by atoms with Crippen molar-refractivity contribution in [3.05, 3.63) is 63.1 Å². The number of carbonyl (C=O) groups is 2. The van der Waals surface area contributed by atoms with Crippen molar-refractivity contribution in [1.82, 2.24) is 5.43 Å². The van der Waals surface area contributed by atoms with Crippen molar-refractivity contribution in [1.29, 1.82) is 0 Å². The molecule has 2 N–H and O–H groups in total. The van der Waals surface area contributed by atoms with E-state index in [1.54, 1.807) is 18.3 Å². The van der Waals surface area contributed by atoms with E-state index in [0.29, 0.717) is 10.7 Å². The van der Waals surface area contributed by atoms with Crippen LogP contribution in [0.3, 0.4) is 0 Å². The third-order valence-corrected chi connectivity index (χ3v) is 4.09. The van der Waals surface area contributed by atoms with Crippen LogP contribution in [0.25, 0.3) is 0 Å². The minimum Gasteiger partial charge on any atom is -0.326 e. The van der Waals surface area contributed by atoms with Gasteiger partial charge in [0.1, 0.15) is 0 Å². The molecule has 0 saturated carbocycles. The maximum Gasteiger partial charge on any atom is 0.240 e. The summed E-state index contributed by atoms with van der Waals surface area (Å²) < 4.78 is 0.967. The van der Waals surface area contributed by atoms with Crippen molar-refractivity contribution >= 4 is 51.2 Å². The molecule has 2 aromatic rings. The molecular formula is C18H17BrClN3O2. The number of rotatable bonds is 6. The molecule has 25 heavy (non-hydrogen) atoms. The lowest BCUT2D eigenvalue weighted by atomic mass is 10.2. The summed E-state index contributed by atoms with van der Waals surface area (Å²) in [4.78, 5) is 23.7. The van der Waals surface area contributed by atoms with Crippen LogP contribution in [0.15, 0.2) is 52.0 Å². The summed E-state index contributed by atoms with van der Waals surface area (Å²) in [6, 6.07) is 12.7. The number of aryl methyl sites for hydroxylation is 1. The fourth-order valence-electron chi connectivity index (χ4n) is 1.95. The molecule has 0 unspecified atom stereocenters. The van der Waals surface area contributed by atoms with Crippen LogP contribution >= 0.6 is 27.5 Å². The Balaban J connectivity index is 1.76. The number of amides is 2. The van der Waals surface area contributed by atoms with Gasteiger partial charge in [-0.05, 0) is 42.3 Å². The molecule has 0 aliphatic heterocycles. The van der Waals surface area contributed by atoms with Crippen LogP contribution in [0.2, 0.25) is 5.02 Å². The summed E-state index contributed by atoms with van der Waals surface area (Å²) in [7, 11) is 0. The number of nitrogens with one attached hydrogen (secondary N) is 2. The second kappa shape index (κ2) is 9.34. The molecule has 130 valence electrons. The van der Waals surface area contributed by atoms with Crippen LogP contribution in [-0.4, -0.2) is 18.0 Å². The van der Waals surface area contributed by atoms with Crippen molar-refractivity contribution < 1.29 is 9.59 Å². The Morgan fingerprint density at radius 1 is 1.12 bits per heavy atom. The molecule has 0 heterocycles. The van der Waals surface area contributed by atoms with Crippen molar-refractivity contribution in [2.75, 3.05) is 5.32 Å². The number of hydrogen-bond acceptors (Lipinski definition) is 3. The molecule has 0 aliphatic rings. The zero-order valence-electron chi connectivity index (χ0n) is 13.6. The molecule has 0 fully saturated rings. The van der Waals surface area contributed by atoms with Gasteiger partial charge in [-0.15, -0.1) is 0 Å². The topological polar surface area (TPSA) is 70.6 Å². The summed E-state index contributed by atoms with van der Waals surface area (Å²) in [5.74, 6) is -0.580. The molecular weight excluding hydrogens is 406 g/mol. The van der Waals surface area contributed by atoms with Gasteiger partial charge in [0.2, 0.25) is 11.8 Å². The lowest BCUT2D eigenvalue weighted by Gasteiger charge is -2.08. The highest BCUT2D eigenvalue weighted by molar-refractivity contribution is 9.10. The Hall–Kier alpha value is -2.18. The quantitative estimate of drug-likeness (QED) is 0.539. The Labute approximate surface area is 159 Å². The Kier molecular flexibility index (Phi) is 7.16. The SMILES string of the molecule is Cc1ccc(Cl)cc1NC(=O)CCC(=O)N/N=C\c1ccc(Br)cc1. The predicted molar refractivity (Wildman–Crippen MR) is 104 cm³/mol. The fourth-order valence-corrected chi connectivity index (χ4v) is 2.39. The van der Waals surface area contributed by atoms with Crippen LogP contribution in [0.4, 0.5) is 5.69 Å². The van der Waals surface area contributed by atoms with E-state index in [4.69, 9.17) is 11.6 Å². The van der Waals surface area contributed by atoms with Crippen LogP contribution in [0, 0.1) is 6.92 Å². The average molecular weight is 423 g/mol. The zero-order valence-corrected chi connectivity index (χ0v) is 15.9. The third kappa shape index (κ3) is 6.68. The van der Waals surface area contributed by atoms with E-state index < -0.39 is 0 Å². The van der Waals surface area contributed by atoms with Gasteiger partial charge < -0.3 is 5.32 Å². The zero-order chi connectivity index (χ0) is 18.2. The molecule has 0 saturated heterocycles. The Morgan fingerprint density at radius 2 is 1.80 bits per heavy atom. The predicted octanol–water partition coefficient (Wildman–Crippen LogP) is 4.28. The molecule has 0 radical (unpaired) electrons. The van der Waals surface area contributed by atoms with Gasteiger partial charge >= 0.3 is 0 Å². The van der Waals surface area contributed by atoms with Gasteiger partial charge in [-0.25, -0.2) is 5.43 Å². The standard InChI is InChI=1S/C18H17BrClN3O2/c1-12-2-7-15(20)10-16(12)22-17(24)8-9-18(25)23-21-11-13-3-5-14(19)6-4-13/h2-7,10-11H,8-9H2,1H3,(H,22,24)(H,23,25)/b21-11-. The number of benzene rings is 2. The summed E-state index contributed by atoms with van der Waals surface area (Å²) in [6.45, 7) is 1.87. The largest absolute Gasteiger partial charge is 0.326 e. The van der Waals surface area contributed by atoms with Gasteiger partial charge in [0, 0.05) is 28.0 Å². The van der Waals surface area contributed by atoms with Crippen molar-refractivity contribution in [3.8, 4) is 0 Å². The lowest BCUT2D eigenvalue weighted by Crippen LogP contribution is -2.20. The van der Waals surface area contributed by atoms with Gasteiger partial charge in [-0.1, -0.05) is 45.7 Å². The van der Waals surface area contributed by atoms with Crippen molar-refractivity contribution in [2.24, 2.45) is 5.10 Å². The van der Waals surface area contributed by atoms with Gasteiger partial charge in [0.25, 0.3) is 0 Å². The van der Waals surface area contributed by atoms with Crippen LogP contribution in [0.1, 0.15) is 24.0 Å². The first-order valence-electron chi connectivity index (χ1n) is 7.57. The number of halogens is 2. The maximum absolute atomic E-state index is 11.9. The average Bonchev–Trinajstić information content (AvgIpc) is 2.58. The molecule has 2 rings (SSSR count). The molecule has 7 heteroatoms. The van der Waals surface area contributed by atoms with E-state index in [2.05, 4.69) is 31.8 Å². The summed E-state index contributed by atoms with van der Waals surface area (Å²) in [6.07, 6.45) is 1.65. The monoisotopic (exact) mass is 421 g/mol. The Bertz CT molecular complexity index is 791. The van der Waals surface area contributed by atoms with E-state index in [1.165, 1.54) is 0 Å². The van der Waals surface area contributed by atoms with Crippen LogP contribution in [0.5, 0.6) is 0 Å². The number of hydrogen-bond donors (Lipinski definition) is 2. The lowest BCUT2D eigenvalue weighted by molar-refractivity contribution is -0.124. The second-order valence-electron chi connectivity index (χ2n) is 5.35. The maximum atomic E-state index is 11.9. The molecule has 2 amide bonds. The molecule has 0 spiro atoms. The first kappa shape index (κ1) is 19.1. The smallest absolute Gasteiger partial charge is 0.240 e. The highest BCUT2D eigenvalue weighted by Crippen LogP contribution is 2.20. The third-order valence-electron chi connectivity index (χ3n) is 3.33. The van der Waals surface area contributed by atoms with Crippen LogP contribution < -0.4 is 10.7 Å². The molecule has 0 aliphatic carbocycles. The van der Waals surface area contributed by atoms with E-state index in [0.717, 1.165) is 15.6 Å². The van der Waals surface area contributed by atoms with Gasteiger partial charge in [-0.2, -0.15) is 5.10 Å². The van der Waals surface area contributed by atoms with Gasteiger partial charge in [0.15, 0.2) is 0 Å². The molecule has 2 aromatic carbocycles. The van der Waals surface area contributed by atoms with Gasteiger partial charge in [-0.3, -0.25) is 9.59 Å². The molecule has 0 atom stereocenters. The van der Waals surface area contributed by atoms with Gasteiger partial charge in [0.05, 0.1) is 6.21 Å². The number of hydrazone groups is 1. The highest BCUT2D eigenvalue weighted by Gasteiger charge is 2.08. The highest BCUT2D eigenvalue weighted by atomic mass is 79.9. The molecule has 0 aromatic heterocycles. The second-order valence-corrected chi connectivity index (χ2v) is 6.70. The Morgan fingerprint density at radius 3 is 2.52 bits per heavy atom. The summed E-state index contributed by atoms with van der Waals surface area (Å²) in [5, 5.41) is 7.16. The number of anilines is 1. The van der Waals surface area contributed by atoms with E-state index in [1.807, 2.05) is 37.3 Å². The van der Waals surface area contributed by atoms with E-state index in [-0.39, 0.29) is 24.7 Å². The summed E-state index contributed by atoms with van der Waals surface area (Å²) >= 11 is 9.25. The number of nitrogens with zero attached hydrogens (tertiary/aromatic N) is 1. The van der Waals surface area contributed by atoms with Crippen LogP contribution in [-0.2, 0) is 9.59 Å². The molecule has 0 bridgehead atoms. The number of carbonyl (C=O) groups excluding carboxylic acids is 2. The normalized spacial score (nSPS) is 10.7. The summed E-state index contributed by atoms with van der Waals surface area (Å²) in [5.41, 5.74) is 4.81. The minimum absolute atomic E-state index is 0.0448. The first-order valence-corrected chi connectivity index (χ1v) is 8.74. The van der Waals surface area contributed by atoms with E-state index in [9.17, 15) is 9.59 Å². The van der Waals surface area contributed by atoms with E-state index >= 15 is 0 Å². The van der Waals surface area contributed by atoms with Crippen molar-refractivity contribution in [2.45, 2.75) is 19.8 Å². The van der Waals surface area contributed by atoms with Crippen molar-refractivity contribution in [3.63, 3.8) is 0 Å². The first-order chi connectivity index (χ1) is 11.9. The fraction of sp³-hybridized carbons (Fsp3) is 0.167. The minimum atomic E-state index is -0.327. The molecule has 5 nitrogen and oxygen atoms in total.